The Morgan fingerprint density at radius 2 is 2.10 bits per heavy atom. The quantitative estimate of drug-likeness (QED) is 0.854. The number of nitrogens with zero attached hydrogens (tertiary/aromatic N) is 3. The Kier molecular flexibility index (Phi) is 4.09. The zero-order valence-electron chi connectivity index (χ0n) is 11.8. The van der Waals surface area contributed by atoms with Gasteiger partial charge in [0.05, 0.1) is 28.7 Å². The van der Waals surface area contributed by atoms with E-state index in [4.69, 9.17) is 0 Å². The van der Waals surface area contributed by atoms with E-state index in [0.29, 0.717) is 11.1 Å². The van der Waals surface area contributed by atoms with Crippen molar-refractivity contribution in [1.29, 1.82) is 5.26 Å². The maximum Gasteiger partial charge on any atom is 0.123 e. The third-order valence-electron chi connectivity index (χ3n) is 3.36. The fourth-order valence-electron chi connectivity index (χ4n) is 2.37. The summed E-state index contributed by atoms with van der Waals surface area (Å²) in [6.07, 6.45) is 2.44. The molecule has 1 atom stereocenters. The number of aryl methyl sites for hydroxylation is 2. The zero-order valence-corrected chi connectivity index (χ0v) is 11.8. The van der Waals surface area contributed by atoms with Crippen molar-refractivity contribution in [3.63, 3.8) is 0 Å². The van der Waals surface area contributed by atoms with Crippen molar-refractivity contribution < 1.29 is 4.39 Å². The van der Waals surface area contributed by atoms with Crippen LogP contribution in [0.15, 0.2) is 24.4 Å². The second-order valence-corrected chi connectivity index (χ2v) is 4.79. The molecular formula is C16H16FN3. The van der Waals surface area contributed by atoms with Crippen LogP contribution in [0.25, 0.3) is 0 Å². The minimum atomic E-state index is -0.337. The smallest absolute Gasteiger partial charge is 0.123 e. The van der Waals surface area contributed by atoms with Gasteiger partial charge in [0.15, 0.2) is 0 Å². The molecule has 2 rings (SSSR count). The SMILES string of the molecule is CC[C@H](c1cc(F)ccc1C#N)c1nc(C)cnc1C. The van der Waals surface area contributed by atoms with Gasteiger partial charge in [-0.2, -0.15) is 5.26 Å². The Balaban J connectivity index is 2.61. The highest BCUT2D eigenvalue weighted by Gasteiger charge is 2.20. The molecule has 2 aromatic rings. The molecule has 0 bridgehead atoms. The van der Waals surface area contributed by atoms with Crippen LogP contribution in [0.5, 0.6) is 0 Å². The summed E-state index contributed by atoms with van der Waals surface area (Å²) in [6.45, 7) is 5.76. The molecule has 102 valence electrons. The summed E-state index contributed by atoms with van der Waals surface area (Å²) in [7, 11) is 0. The van der Waals surface area contributed by atoms with E-state index in [-0.39, 0.29) is 11.7 Å². The summed E-state index contributed by atoms with van der Waals surface area (Å²) < 4.78 is 13.5. The molecular weight excluding hydrogens is 253 g/mol. The molecule has 0 spiro atoms. The van der Waals surface area contributed by atoms with Gasteiger partial charge in [0, 0.05) is 12.1 Å². The van der Waals surface area contributed by atoms with Crippen molar-refractivity contribution in [1.82, 2.24) is 9.97 Å². The molecule has 20 heavy (non-hydrogen) atoms. The van der Waals surface area contributed by atoms with Crippen LogP contribution in [0.1, 0.15) is 47.5 Å². The Bertz CT molecular complexity index is 674. The Labute approximate surface area is 118 Å². The Morgan fingerprint density at radius 3 is 2.75 bits per heavy atom. The van der Waals surface area contributed by atoms with Crippen molar-refractivity contribution in [2.75, 3.05) is 0 Å². The highest BCUT2D eigenvalue weighted by atomic mass is 19.1. The van der Waals surface area contributed by atoms with Gasteiger partial charge in [0.25, 0.3) is 0 Å². The van der Waals surface area contributed by atoms with E-state index < -0.39 is 0 Å². The number of hydrogen-bond acceptors (Lipinski definition) is 3. The summed E-state index contributed by atoms with van der Waals surface area (Å²) in [6, 6.07) is 6.38. The van der Waals surface area contributed by atoms with Crippen LogP contribution in [0.2, 0.25) is 0 Å². The van der Waals surface area contributed by atoms with Gasteiger partial charge < -0.3 is 0 Å². The molecule has 0 saturated carbocycles. The summed E-state index contributed by atoms with van der Waals surface area (Å²) in [5.74, 6) is -0.455. The molecule has 1 aromatic carbocycles. The van der Waals surface area contributed by atoms with Crippen molar-refractivity contribution in [2.24, 2.45) is 0 Å². The minimum absolute atomic E-state index is 0.118. The van der Waals surface area contributed by atoms with Crippen LogP contribution in [-0.2, 0) is 0 Å². The van der Waals surface area contributed by atoms with E-state index in [9.17, 15) is 9.65 Å². The first kappa shape index (κ1) is 14.1. The third kappa shape index (κ3) is 2.67. The van der Waals surface area contributed by atoms with E-state index in [1.807, 2.05) is 20.8 Å². The van der Waals surface area contributed by atoms with Crippen molar-refractivity contribution in [3.8, 4) is 6.07 Å². The van der Waals surface area contributed by atoms with Crippen LogP contribution in [-0.4, -0.2) is 9.97 Å². The molecule has 0 radical (unpaired) electrons. The van der Waals surface area contributed by atoms with Crippen molar-refractivity contribution in [3.05, 3.63) is 58.4 Å². The van der Waals surface area contributed by atoms with Gasteiger partial charge in [-0.15, -0.1) is 0 Å². The number of nitriles is 1. The summed E-state index contributed by atoms with van der Waals surface area (Å²) in [5.41, 5.74) is 3.61. The van der Waals surface area contributed by atoms with Crippen LogP contribution >= 0.6 is 0 Å². The van der Waals surface area contributed by atoms with Crippen LogP contribution < -0.4 is 0 Å². The lowest BCUT2D eigenvalue weighted by atomic mass is 9.88. The predicted molar refractivity (Wildman–Crippen MR) is 74.8 cm³/mol. The van der Waals surface area contributed by atoms with Crippen LogP contribution in [0, 0.1) is 31.0 Å². The molecule has 4 heteroatoms. The van der Waals surface area contributed by atoms with E-state index in [2.05, 4.69) is 16.0 Å². The lowest BCUT2D eigenvalue weighted by molar-refractivity contribution is 0.620. The van der Waals surface area contributed by atoms with Crippen LogP contribution in [0.3, 0.4) is 0 Å². The Morgan fingerprint density at radius 1 is 1.35 bits per heavy atom. The molecule has 1 aromatic heterocycles. The summed E-state index contributed by atoms with van der Waals surface area (Å²) >= 11 is 0. The standard InChI is InChI=1S/C16H16FN3/c1-4-14(16-11(3)19-9-10(2)20-16)15-7-13(17)6-5-12(15)8-18/h5-7,9,14H,4H2,1-3H3/t14-/m1/s1. The monoisotopic (exact) mass is 269 g/mol. The number of hydrogen-bond donors (Lipinski definition) is 0. The topological polar surface area (TPSA) is 49.6 Å². The predicted octanol–water partition coefficient (Wildman–Crippen LogP) is 3.65. The number of benzene rings is 1. The van der Waals surface area contributed by atoms with Gasteiger partial charge in [-0.3, -0.25) is 9.97 Å². The maximum absolute atomic E-state index is 13.5. The summed E-state index contributed by atoms with van der Waals surface area (Å²) in [4.78, 5) is 8.84. The van der Waals surface area contributed by atoms with Gasteiger partial charge in [-0.1, -0.05) is 6.92 Å². The molecule has 0 aliphatic carbocycles. The van der Waals surface area contributed by atoms with Gasteiger partial charge in [0.1, 0.15) is 5.82 Å². The summed E-state index contributed by atoms with van der Waals surface area (Å²) in [5, 5.41) is 9.22. The zero-order chi connectivity index (χ0) is 14.7. The van der Waals surface area contributed by atoms with E-state index >= 15 is 0 Å². The first-order valence-corrected chi connectivity index (χ1v) is 6.56. The number of aromatic nitrogens is 2. The normalized spacial score (nSPS) is 11.9. The molecule has 0 saturated heterocycles. The molecule has 0 unspecified atom stereocenters. The van der Waals surface area contributed by atoms with Gasteiger partial charge in [0.2, 0.25) is 0 Å². The maximum atomic E-state index is 13.5. The van der Waals surface area contributed by atoms with E-state index in [0.717, 1.165) is 23.5 Å². The third-order valence-corrected chi connectivity index (χ3v) is 3.36. The lowest BCUT2D eigenvalue weighted by Gasteiger charge is -2.18. The highest BCUT2D eigenvalue weighted by molar-refractivity contribution is 5.44. The number of halogens is 1. The van der Waals surface area contributed by atoms with Crippen molar-refractivity contribution in [2.45, 2.75) is 33.1 Å². The molecule has 1 heterocycles. The first-order valence-electron chi connectivity index (χ1n) is 6.56. The molecule has 0 aliphatic heterocycles. The van der Waals surface area contributed by atoms with Gasteiger partial charge in [-0.05, 0) is 44.0 Å². The van der Waals surface area contributed by atoms with Crippen LogP contribution in [0.4, 0.5) is 4.39 Å². The first-order chi connectivity index (χ1) is 9.56. The second-order valence-electron chi connectivity index (χ2n) is 4.79. The highest BCUT2D eigenvalue weighted by Crippen LogP contribution is 2.31. The molecule has 0 N–H and O–H groups in total. The van der Waals surface area contributed by atoms with Crippen molar-refractivity contribution >= 4 is 0 Å². The molecule has 3 nitrogen and oxygen atoms in total. The molecule has 0 fully saturated rings. The fraction of sp³-hybridized carbons (Fsp3) is 0.312. The van der Waals surface area contributed by atoms with E-state index in [1.165, 1.54) is 18.2 Å². The average molecular weight is 269 g/mol. The number of rotatable bonds is 3. The molecule has 0 amide bonds. The van der Waals surface area contributed by atoms with Gasteiger partial charge >= 0.3 is 0 Å². The molecule has 0 aliphatic rings. The minimum Gasteiger partial charge on any atom is -0.258 e. The van der Waals surface area contributed by atoms with Gasteiger partial charge in [-0.25, -0.2) is 4.39 Å². The average Bonchev–Trinajstić information content (AvgIpc) is 2.44. The Hall–Kier alpha value is -2.28. The largest absolute Gasteiger partial charge is 0.258 e. The second kappa shape index (κ2) is 5.79. The van der Waals surface area contributed by atoms with E-state index in [1.54, 1.807) is 6.20 Å². The fourth-order valence-corrected chi connectivity index (χ4v) is 2.37. The lowest BCUT2D eigenvalue weighted by Crippen LogP contribution is -2.09.